The second-order valence-electron chi connectivity index (χ2n) is 15.9. The predicted molar refractivity (Wildman–Crippen MR) is 219 cm³/mol. The Morgan fingerprint density at radius 1 is 0.877 bits per heavy atom. The number of aliphatic hydroxyl groups is 1. The van der Waals surface area contributed by atoms with E-state index in [0.29, 0.717) is 5.75 Å². The summed E-state index contributed by atoms with van der Waals surface area (Å²) in [6.07, 6.45) is -1.54. The van der Waals surface area contributed by atoms with Crippen molar-refractivity contribution in [2.24, 2.45) is 0 Å². The Labute approximate surface area is 338 Å². The molecule has 2 fully saturated rings. The van der Waals surface area contributed by atoms with Crippen molar-refractivity contribution in [1.29, 1.82) is 0 Å². The van der Waals surface area contributed by atoms with Gasteiger partial charge < -0.3 is 36.0 Å². The highest BCUT2D eigenvalue weighted by atomic mass is 32.2. The maximum absolute atomic E-state index is 13.7. The Bertz CT molecular complexity index is 1830. The lowest BCUT2D eigenvalue weighted by atomic mass is 10.0. The highest BCUT2D eigenvalue weighted by Crippen LogP contribution is 2.39. The van der Waals surface area contributed by atoms with Crippen molar-refractivity contribution in [3.63, 3.8) is 0 Å². The molecule has 0 saturated carbocycles. The second-order valence-corrected chi connectivity index (χ2v) is 17.7. The lowest BCUT2D eigenvalue weighted by molar-refractivity contribution is -0.131. The van der Waals surface area contributed by atoms with Gasteiger partial charge in [0.1, 0.15) is 23.9 Å². The smallest absolute Gasteiger partial charge is 0.410 e. The van der Waals surface area contributed by atoms with Crippen LogP contribution in [0.2, 0.25) is 0 Å². The molecular formula is C42H55N7O7S. The summed E-state index contributed by atoms with van der Waals surface area (Å²) in [5, 5.41) is 25.5. The van der Waals surface area contributed by atoms with Gasteiger partial charge in [-0.25, -0.2) is 4.79 Å². The molecule has 2 aliphatic heterocycles. The van der Waals surface area contributed by atoms with E-state index in [4.69, 9.17) is 4.74 Å². The van der Waals surface area contributed by atoms with Crippen molar-refractivity contribution >= 4 is 41.5 Å². The van der Waals surface area contributed by atoms with E-state index in [9.17, 15) is 29.1 Å². The predicted octanol–water partition coefficient (Wildman–Crippen LogP) is 2.42. The number of nitrogens with one attached hydrogen (secondary N) is 5. The Morgan fingerprint density at radius 2 is 1.49 bits per heavy atom. The van der Waals surface area contributed by atoms with Crippen LogP contribution in [-0.4, -0.2) is 117 Å². The van der Waals surface area contributed by atoms with Crippen LogP contribution in [0.25, 0.3) is 0 Å². The standard InChI is InChI=1S/C42H55N7O7S/c1-41(2,3)47-36(52)32-27-49(40(55)56-31-19-13-8-14-20-31)22-21-48(32)26-30(50)25-44-38(54)35-42(4,5)57-39(46-35)34(37(53)43-24-29-17-11-7-12-18-29)45-33(51)23-28-15-9-6-10-16-28/h6-20,30,32,34-35,39,46,50H,21-27H2,1-5H3,(H,43,53)(H,44,54)(H,45,51)(H,47,52)/t30-,32?,34-,35+,39-/m1/s1. The van der Waals surface area contributed by atoms with E-state index in [1.165, 1.54) is 16.7 Å². The molecule has 14 nitrogen and oxygen atoms in total. The molecule has 0 bridgehead atoms. The Kier molecular flexibility index (Phi) is 14.7. The van der Waals surface area contributed by atoms with Crippen molar-refractivity contribution < 1.29 is 33.8 Å². The van der Waals surface area contributed by atoms with E-state index >= 15 is 0 Å². The monoisotopic (exact) mass is 801 g/mol. The topological polar surface area (TPSA) is 181 Å². The molecular weight excluding hydrogens is 747 g/mol. The number of rotatable bonds is 14. The third-order valence-electron chi connectivity index (χ3n) is 9.59. The summed E-state index contributed by atoms with van der Waals surface area (Å²) in [5.41, 5.74) is 1.16. The van der Waals surface area contributed by atoms with Crippen molar-refractivity contribution in [1.82, 2.24) is 36.4 Å². The van der Waals surface area contributed by atoms with E-state index in [0.717, 1.165) is 11.1 Å². The first-order valence-electron chi connectivity index (χ1n) is 19.2. The highest BCUT2D eigenvalue weighted by molar-refractivity contribution is 8.01. The van der Waals surface area contributed by atoms with E-state index in [2.05, 4.69) is 26.6 Å². The zero-order valence-corrected chi connectivity index (χ0v) is 34.0. The quantitative estimate of drug-likeness (QED) is 0.142. The van der Waals surface area contributed by atoms with Crippen molar-refractivity contribution in [3.05, 3.63) is 102 Å². The van der Waals surface area contributed by atoms with Crippen molar-refractivity contribution in [2.45, 2.75) is 87.5 Å². The minimum absolute atomic E-state index is 0.0490. The van der Waals surface area contributed by atoms with Crippen molar-refractivity contribution in [2.75, 3.05) is 32.7 Å². The lowest BCUT2D eigenvalue weighted by Crippen LogP contribution is -2.63. The van der Waals surface area contributed by atoms with Gasteiger partial charge in [0.2, 0.25) is 23.6 Å². The number of hydrogen-bond donors (Lipinski definition) is 6. The summed E-state index contributed by atoms with van der Waals surface area (Å²) >= 11 is 1.38. The van der Waals surface area contributed by atoms with Gasteiger partial charge in [-0.1, -0.05) is 78.9 Å². The average Bonchev–Trinajstić information content (AvgIpc) is 3.50. The zero-order chi connectivity index (χ0) is 41.2. The molecule has 0 spiro atoms. The molecule has 1 unspecified atom stereocenters. The first-order chi connectivity index (χ1) is 27.1. The second kappa shape index (κ2) is 19.5. The van der Waals surface area contributed by atoms with Crippen LogP contribution in [0.3, 0.4) is 0 Å². The fraction of sp³-hybridized carbons (Fsp3) is 0.452. The van der Waals surface area contributed by atoms with E-state index < -0.39 is 51.9 Å². The van der Waals surface area contributed by atoms with Crippen LogP contribution in [0, 0.1) is 0 Å². The Hall–Kier alpha value is -4.96. The molecule has 3 aromatic rings. The molecule has 5 atom stereocenters. The van der Waals surface area contributed by atoms with Crippen LogP contribution in [0.4, 0.5) is 4.79 Å². The molecule has 57 heavy (non-hydrogen) atoms. The van der Waals surface area contributed by atoms with Crippen LogP contribution in [-0.2, 0) is 32.1 Å². The zero-order valence-electron chi connectivity index (χ0n) is 33.2. The fourth-order valence-corrected chi connectivity index (χ4v) is 8.24. The summed E-state index contributed by atoms with van der Waals surface area (Å²) in [7, 11) is 0. The highest BCUT2D eigenvalue weighted by Gasteiger charge is 2.49. The SMILES string of the molecule is CC(C)(C)NC(=O)C1CN(C(=O)Oc2ccccc2)CCN1C[C@H](O)CNC(=O)[C@@H]1N[C@@H]([C@H](NC(=O)Cc2ccccc2)C(=O)NCc2ccccc2)SC1(C)C. The minimum Gasteiger partial charge on any atom is -0.410 e. The van der Waals surface area contributed by atoms with E-state index in [1.54, 1.807) is 24.3 Å². The number of benzene rings is 3. The van der Waals surface area contributed by atoms with Gasteiger partial charge in [0.05, 0.1) is 17.9 Å². The lowest BCUT2D eigenvalue weighted by Gasteiger charge is -2.41. The van der Waals surface area contributed by atoms with Gasteiger partial charge >= 0.3 is 6.09 Å². The Balaban J connectivity index is 1.20. The number of carbonyl (C=O) groups is 5. The van der Waals surface area contributed by atoms with Gasteiger partial charge in [0.25, 0.3) is 0 Å². The maximum Gasteiger partial charge on any atom is 0.415 e. The molecule has 6 N–H and O–H groups in total. The van der Waals surface area contributed by atoms with Crippen molar-refractivity contribution in [3.8, 4) is 5.75 Å². The number of thioether (sulfide) groups is 1. The molecule has 0 aliphatic carbocycles. The van der Waals surface area contributed by atoms with Crippen LogP contribution >= 0.6 is 11.8 Å². The molecule has 15 heteroatoms. The first kappa shape index (κ1) is 43.2. The molecule has 306 valence electrons. The molecule has 5 rings (SSSR count). The number of β-amino-alcohol motifs (C(OH)–C–C–N with tert-alkyl or cyclic N) is 1. The molecule has 2 heterocycles. The van der Waals surface area contributed by atoms with Gasteiger partial charge in [0, 0.05) is 49.6 Å². The number of amides is 5. The fourth-order valence-electron chi connectivity index (χ4n) is 6.75. The number of aliphatic hydroxyl groups excluding tert-OH is 1. The van der Waals surface area contributed by atoms with Gasteiger partial charge in [-0.05, 0) is 57.9 Å². The van der Waals surface area contributed by atoms with Gasteiger partial charge in [-0.15, -0.1) is 11.8 Å². The average molecular weight is 802 g/mol. The summed E-state index contributed by atoms with van der Waals surface area (Å²) in [4.78, 5) is 70.5. The van der Waals surface area contributed by atoms with Crippen LogP contribution in [0.1, 0.15) is 45.7 Å². The third-order valence-corrected chi connectivity index (χ3v) is 11.1. The Morgan fingerprint density at radius 3 is 2.12 bits per heavy atom. The molecule has 2 aliphatic rings. The van der Waals surface area contributed by atoms with Gasteiger partial charge in [0.15, 0.2) is 0 Å². The third kappa shape index (κ3) is 12.8. The molecule has 3 aromatic carbocycles. The number of hydrogen-bond acceptors (Lipinski definition) is 10. The molecule has 2 saturated heterocycles. The van der Waals surface area contributed by atoms with E-state index in [1.807, 2.05) is 106 Å². The number of para-hydroxylation sites is 1. The summed E-state index contributed by atoms with van der Waals surface area (Å²) < 4.78 is 4.82. The van der Waals surface area contributed by atoms with Crippen LogP contribution < -0.4 is 31.3 Å². The first-order valence-corrected chi connectivity index (χ1v) is 20.1. The number of nitrogens with zero attached hydrogens (tertiary/aromatic N) is 2. The summed E-state index contributed by atoms with van der Waals surface area (Å²) in [6, 6.07) is 24.8. The van der Waals surface area contributed by atoms with Crippen LogP contribution in [0.5, 0.6) is 5.75 Å². The molecule has 5 amide bonds. The summed E-state index contributed by atoms with van der Waals surface area (Å²) in [6.45, 7) is 10.2. The van der Waals surface area contributed by atoms with E-state index in [-0.39, 0.29) is 63.4 Å². The normalized spacial score (nSPS) is 20.5. The molecule has 0 aromatic heterocycles. The minimum atomic E-state index is -1.05. The maximum atomic E-state index is 13.7. The summed E-state index contributed by atoms with van der Waals surface area (Å²) in [5.74, 6) is -1.01. The molecule has 0 radical (unpaired) electrons. The largest absolute Gasteiger partial charge is 0.415 e. The number of ether oxygens (including phenoxy) is 1. The van der Waals surface area contributed by atoms with Gasteiger partial charge in [-0.2, -0.15) is 0 Å². The van der Waals surface area contributed by atoms with Crippen LogP contribution in [0.15, 0.2) is 91.0 Å². The number of piperazine rings is 1. The van der Waals surface area contributed by atoms with Gasteiger partial charge in [-0.3, -0.25) is 29.4 Å². The number of carbonyl (C=O) groups excluding carboxylic acids is 5.